The van der Waals surface area contributed by atoms with Gasteiger partial charge in [0.05, 0.1) is 7.11 Å². The first-order valence-corrected chi connectivity index (χ1v) is 11.6. The number of benzene rings is 1. The van der Waals surface area contributed by atoms with Gasteiger partial charge < -0.3 is 14.4 Å². The Bertz CT molecular complexity index is 651. The van der Waals surface area contributed by atoms with Crippen LogP contribution >= 0.6 is 0 Å². The van der Waals surface area contributed by atoms with Crippen molar-refractivity contribution in [3.63, 3.8) is 0 Å². The first kappa shape index (κ1) is 33.5. The number of carbonyl (C=O) groups is 3. The Balaban J connectivity index is -0.00000120. The van der Waals surface area contributed by atoms with Gasteiger partial charge in [0.25, 0.3) is 0 Å². The smallest absolute Gasteiger partial charge is 0.164 e. The molecule has 0 radical (unpaired) electrons. The number of carbonyl (C=O) groups excluding carboxylic acids is 3. The maximum Gasteiger partial charge on any atom is 0.164 e. The molecule has 5 nitrogen and oxygen atoms in total. The third kappa shape index (κ3) is 12.3. The van der Waals surface area contributed by atoms with Crippen molar-refractivity contribution in [1.82, 2.24) is 0 Å². The summed E-state index contributed by atoms with van der Waals surface area (Å²) < 4.78 is 5.46. The summed E-state index contributed by atoms with van der Waals surface area (Å²) in [5.41, 5.74) is 2.33. The predicted octanol–water partition coefficient (Wildman–Crippen LogP) is 6.55. The van der Waals surface area contributed by atoms with Gasteiger partial charge >= 0.3 is 0 Å². The number of anilines is 1. The summed E-state index contributed by atoms with van der Waals surface area (Å²) in [5.74, 6) is 0.158. The summed E-state index contributed by atoms with van der Waals surface area (Å²) in [7, 11) is 5.40. The van der Waals surface area contributed by atoms with Crippen LogP contribution < -0.4 is 9.64 Å². The molecule has 180 valence electrons. The molecule has 1 aromatic carbocycles. The van der Waals surface area contributed by atoms with Crippen molar-refractivity contribution >= 4 is 23.0 Å². The highest BCUT2D eigenvalue weighted by Gasteiger charge is 2.23. The van der Waals surface area contributed by atoms with E-state index in [-0.39, 0.29) is 23.8 Å². The Morgan fingerprint density at radius 1 is 0.968 bits per heavy atom. The highest BCUT2D eigenvalue weighted by molar-refractivity contribution is 6.01. The van der Waals surface area contributed by atoms with E-state index in [4.69, 9.17) is 4.74 Å². The second kappa shape index (κ2) is 19.8. The van der Waals surface area contributed by atoms with Gasteiger partial charge in [-0.15, -0.1) is 0 Å². The van der Waals surface area contributed by atoms with Crippen molar-refractivity contribution in [3.05, 3.63) is 23.3 Å². The van der Waals surface area contributed by atoms with Crippen molar-refractivity contribution in [1.29, 1.82) is 0 Å². The summed E-state index contributed by atoms with van der Waals surface area (Å²) >= 11 is 0. The standard InChI is InChI=1S/C20H29NO4.3C2H6/c1-7-17-18(11-16(21(4)5)12-20(17)25-6)19(24)10-15(14(3)23)9-8-13(2)22;3*1-2/h11-12,15H,7-10H2,1-6H3;3*1-2H3. The molecule has 5 heteroatoms. The van der Waals surface area contributed by atoms with Crippen LogP contribution in [0.4, 0.5) is 5.69 Å². The Morgan fingerprint density at radius 3 is 1.84 bits per heavy atom. The largest absolute Gasteiger partial charge is 0.496 e. The topological polar surface area (TPSA) is 63.7 Å². The van der Waals surface area contributed by atoms with Gasteiger partial charge in [0.1, 0.15) is 17.3 Å². The van der Waals surface area contributed by atoms with Gasteiger partial charge in [-0.2, -0.15) is 0 Å². The minimum absolute atomic E-state index is 0.0317. The Morgan fingerprint density at radius 2 is 1.48 bits per heavy atom. The number of methoxy groups -OCH3 is 1. The fraction of sp³-hybridized carbons (Fsp3) is 0.654. The molecule has 0 aliphatic rings. The van der Waals surface area contributed by atoms with E-state index in [1.54, 1.807) is 7.11 Å². The lowest BCUT2D eigenvalue weighted by atomic mass is 9.88. The van der Waals surface area contributed by atoms with Crippen molar-refractivity contribution in [2.24, 2.45) is 5.92 Å². The molecule has 0 spiro atoms. The average molecular weight is 438 g/mol. The molecule has 0 aromatic heterocycles. The van der Waals surface area contributed by atoms with E-state index in [9.17, 15) is 14.4 Å². The Kier molecular flexibility index (Phi) is 21.3. The van der Waals surface area contributed by atoms with Crippen molar-refractivity contribution in [3.8, 4) is 5.75 Å². The average Bonchev–Trinajstić information content (AvgIpc) is 2.78. The van der Waals surface area contributed by atoms with Crippen molar-refractivity contribution in [2.75, 3.05) is 26.1 Å². The molecule has 1 atom stereocenters. The van der Waals surface area contributed by atoms with Crippen LogP contribution in [0, 0.1) is 5.92 Å². The van der Waals surface area contributed by atoms with Crippen molar-refractivity contribution in [2.45, 2.75) is 88.0 Å². The zero-order valence-electron chi connectivity index (χ0n) is 22.1. The van der Waals surface area contributed by atoms with Crippen LogP contribution in [0.5, 0.6) is 5.75 Å². The summed E-state index contributed by atoms with van der Waals surface area (Å²) in [6.07, 6.45) is 1.52. The van der Waals surface area contributed by atoms with E-state index in [1.165, 1.54) is 13.8 Å². The van der Waals surface area contributed by atoms with E-state index < -0.39 is 5.92 Å². The Labute approximate surface area is 191 Å². The minimum Gasteiger partial charge on any atom is -0.496 e. The molecule has 0 saturated carbocycles. The van der Waals surface area contributed by atoms with E-state index in [1.807, 2.05) is 79.6 Å². The van der Waals surface area contributed by atoms with Gasteiger partial charge in [0.15, 0.2) is 5.78 Å². The normalized spacial score (nSPS) is 10.1. The van der Waals surface area contributed by atoms with Gasteiger partial charge in [0.2, 0.25) is 0 Å². The SMILES string of the molecule is CC.CC.CC.CCc1c(OC)cc(N(C)C)cc1C(=O)CC(CCC(C)=O)C(C)=O. The van der Waals surface area contributed by atoms with E-state index in [0.717, 1.165) is 11.3 Å². The molecule has 1 rings (SSSR count). The van der Waals surface area contributed by atoms with Gasteiger partial charge in [0, 0.05) is 55.7 Å². The molecule has 1 unspecified atom stereocenters. The van der Waals surface area contributed by atoms with Crippen molar-refractivity contribution < 1.29 is 19.1 Å². The molecule has 0 fully saturated rings. The quantitative estimate of drug-likeness (QED) is 0.388. The number of rotatable bonds is 10. The van der Waals surface area contributed by atoms with E-state index >= 15 is 0 Å². The van der Waals surface area contributed by atoms with Gasteiger partial charge in [-0.1, -0.05) is 48.5 Å². The second-order valence-electron chi connectivity index (χ2n) is 6.60. The van der Waals surface area contributed by atoms with E-state index in [0.29, 0.717) is 30.6 Å². The predicted molar refractivity (Wildman–Crippen MR) is 134 cm³/mol. The van der Waals surface area contributed by atoms with Crippen LogP contribution in [0.2, 0.25) is 0 Å². The third-order valence-corrected chi connectivity index (χ3v) is 4.44. The zero-order valence-corrected chi connectivity index (χ0v) is 22.1. The number of nitrogens with zero attached hydrogens (tertiary/aromatic N) is 1. The fourth-order valence-corrected chi connectivity index (χ4v) is 2.84. The van der Waals surface area contributed by atoms with Gasteiger partial charge in [-0.3, -0.25) is 9.59 Å². The summed E-state index contributed by atoms with van der Waals surface area (Å²) in [5, 5.41) is 0. The number of Topliss-reactive ketones (excluding diaryl/α,β-unsaturated/α-hetero) is 3. The maximum absolute atomic E-state index is 12.9. The molecule has 0 bridgehead atoms. The third-order valence-electron chi connectivity index (χ3n) is 4.44. The number of ether oxygens (including phenoxy) is 1. The second-order valence-corrected chi connectivity index (χ2v) is 6.60. The Hall–Kier alpha value is -2.17. The number of hydrogen-bond acceptors (Lipinski definition) is 5. The molecule has 1 aromatic rings. The van der Waals surface area contributed by atoms with Crippen LogP contribution in [0.1, 0.15) is 97.5 Å². The molecular formula is C26H47NO4. The molecule has 0 heterocycles. The lowest BCUT2D eigenvalue weighted by Gasteiger charge is -2.20. The van der Waals surface area contributed by atoms with Crippen LogP contribution in [0.15, 0.2) is 12.1 Å². The van der Waals surface area contributed by atoms with Crippen LogP contribution in [-0.2, 0) is 16.0 Å². The highest BCUT2D eigenvalue weighted by Crippen LogP contribution is 2.31. The highest BCUT2D eigenvalue weighted by atomic mass is 16.5. The lowest BCUT2D eigenvalue weighted by molar-refractivity contribution is -0.121. The molecular weight excluding hydrogens is 390 g/mol. The maximum atomic E-state index is 12.9. The van der Waals surface area contributed by atoms with Crippen LogP contribution in [-0.4, -0.2) is 38.6 Å². The van der Waals surface area contributed by atoms with Crippen LogP contribution in [0.25, 0.3) is 0 Å². The summed E-state index contributed by atoms with van der Waals surface area (Å²) in [4.78, 5) is 37.9. The summed E-state index contributed by atoms with van der Waals surface area (Å²) in [6, 6.07) is 3.76. The molecule has 0 aliphatic heterocycles. The van der Waals surface area contributed by atoms with Gasteiger partial charge in [-0.25, -0.2) is 0 Å². The molecule has 31 heavy (non-hydrogen) atoms. The first-order valence-electron chi connectivity index (χ1n) is 11.6. The lowest BCUT2D eigenvalue weighted by Crippen LogP contribution is -2.19. The monoisotopic (exact) mass is 437 g/mol. The van der Waals surface area contributed by atoms with E-state index in [2.05, 4.69) is 0 Å². The summed E-state index contributed by atoms with van der Waals surface area (Å²) in [6.45, 7) is 17.0. The molecule has 0 N–H and O–H groups in total. The number of hydrogen-bond donors (Lipinski definition) is 0. The number of ketones is 3. The first-order chi connectivity index (χ1) is 14.7. The molecule has 0 saturated heterocycles. The minimum atomic E-state index is -0.421. The fourth-order valence-electron chi connectivity index (χ4n) is 2.84. The van der Waals surface area contributed by atoms with Gasteiger partial charge in [-0.05, 0) is 32.8 Å². The zero-order chi connectivity index (χ0) is 25.1. The molecule has 0 amide bonds. The van der Waals surface area contributed by atoms with Crippen LogP contribution in [0.3, 0.4) is 0 Å². The molecule has 0 aliphatic carbocycles.